The third kappa shape index (κ3) is 3.13. The molecule has 1 rings (SSSR count). The summed E-state index contributed by atoms with van der Waals surface area (Å²) < 4.78 is 14.2. The smallest absolute Gasteiger partial charge is 0.281 e. The molecule has 0 saturated carbocycles. The number of aliphatic imine (C=N–C) groups is 1. The van der Waals surface area contributed by atoms with Gasteiger partial charge in [-0.3, -0.25) is 4.79 Å². The Morgan fingerprint density at radius 1 is 1.50 bits per heavy atom. The summed E-state index contributed by atoms with van der Waals surface area (Å²) in [5.41, 5.74) is 0.578. The Morgan fingerprint density at radius 3 is 2.62 bits per heavy atom. The van der Waals surface area contributed by atoms with Crippen LogP contribution in [-0.4, -0.2) is 31.2 Å². The molecule has 0 unspecified atom stereocenters. The first-order valence-electron chi connectivity index (χ1n) is 4.62. The summed E-state index contributed by atoms with van der Waals surface area (Å²) in [6.07, 6.45) is 1.35. The van der Waals surface area contributed by atoms with Crippen LogP contribution in [0.3, 0.4) is 0 Å². The molecule has 0 aliphatic carbocycles. The van der Waals surface area contributed by atoms with Crippen LogP contribution in [0.25, 0.3) is 0 Å². The second-order valence-corrected chi connectivity index (χ2v) is 4.51. The van der Waals surface area contributed by atoms with Crippen molar-refractivity contribution in [2.45, 2.75) is 6.92 Å². The molecule has 16 heavy (non-hydrogen) atoms. The maximum Gasteiger partial charge on any atom is 0.281 e. The summed E-state index contributed by atoms with van der Waals surface area (Å²) in [6.45, 7) is 1.67. The van der Waals surface area contributed by atoms with E-state index in [1.54, 1.807) is 32.0 Å². The van der Waals surface area contributed by atoms with Gasteiger partial charge in [0.2, 0.25) is 0 Å². The van der Waals surface area contributed by atoms with Crippen LogP contribution in [0.2, 0.25) is 0 Å². The van der Waals surface area contributed by atoms with E-state index in [4.69, 9.17) is 0 Å². The number of rotatable bonds is 2. The van der Waals surface area contributed by atoms with Crippen LogP contribution in [0.5, 0.6) is 0 Å². The van der Waals surface area contributed by atoms with Crippen molar-refractivity contribution >= 4 is 28.2 Å². The fraction of sp³-hybridized carbons (Fsp3) is 0.273. The molecule has 1 aromatic carbocycles. The first-order valence-corrected chi connectivity index (χ1v) is 5.41. The Labute approximate surface area is 102 Å². The topological polar surface area (TPSA) is 32.7 Å². The molecular weight excluding hydrogens is 275 g/mol. The summed E-state index contributed by atoms with van der Waals surface area (Å²) in [5, 5.41) is 0. The number of nitrogens with zero attached hydrogens (tertiary/aromatic N) is 2. The minimum Gasteiger partial charge on any atom is -0.369 e. The third-order valence-electron chi connectivity index (χ3n) is 1.87. The molecule has 1 amide bonds. The summed E-state index contributed by atoms with van der Waals surface area (Å²) in [5.74, 6) is -1.14. The van der Waals surface area contributed by atoms with Crippen LogP contribution in [-0.2, 0) is 0 Å². The number of hydrogen-bond acceptors (Lipinski definition) is 1. The van der Waals surface area contributed by atoms with E-state index in [9.17, 15) is 9.18 Å². The first-order chi connectivity index (χ1) is 7.41. The Morgan fingerprint density at radius 2 is 2.12 bits per heavy atom. The largest absolute Gasteiger partial charge is 0.369 e. The molecular formula is C11H12BrFN2O. The predicted octanol–water partition coefficient (Wildman–Crippen LogP) is 2.63. The molecule has 0 heterocycles. The fourth-order valence-electron chi connectivity index (χ4n) is 1.21. The SMILES string of the molecule is Cc1cc(Br)cc(F)c1C(=O)N=CN(C)C. The quantitative estimate of drug-likeness (QED) is 0.618. The lowest BCUT2D eigenvalue weighted by atomic mass is 10.1. The molecule has 0 N–H and O–H groups in total. The zero-order valence-corrected chi connectivity index (χ0v) is 10.9. The van der Waals surface area contributed by atoms with Crippen LogP contribution in [0.1, 0.15) is 15.9 Å². The monoisotopic (exact) mass is 286 g/mol. The van der Waals surface area contributed by atoms with E-state index in [2.05, 4.69) is 20.9 Å². The van der Waals surface area contributed by atoms with Crippen molar-refractivity contribution in [1.82, 2.24) is 4.90 Å². The lowest BCUT2D eigenvalue weighted by molar-refractivity contribution is 0.0998. The number of amides is 1. The Bertz CT molecular complexity index is 421. The van der Waals surface area contributed by atoms with E-state index >= 15 is 0 Å². The number of aryl methyl sites for hydroxylation is 1. The average molecular weight is 287 g/mol. The second kappa shape index (κ2) is 5.21. The summed E-state index contributed by atoms with van der Waals surface area (Å²) in [4.78, 5) is 16.9. The van der Waals surface area contributed by atoms with E-state index in [-0.39, 0.29) is 5.56 Å². The minimum atomic E-state index is -0.573. The van der Waals surface area contributed by atoms with E-state index in [1.165, 1.54) is 12.4 Å². The van der Waals surface area contributed by atoms with Gasteiger partial charge in [-0.05, 0) is 24.6 Å². The maximum absolute atomic E-state index is 13.5. The lowest BCUT2D eigenvalue weighted by Crippen LogP contribution is -2.11. The lowest BCUT2D eigenvalue weighted by Gasteiger charge is -2.05. The van der Waals surface area contributed by atoms with Crippen molar-refractivity contribution < 1.29 is 9.18 Å². The van der Waals surface area contributed by atoms with Gasteiger partial charge in [-0.15, -0.1) is 0 Å². The highest BCUT2D eigenvalue weighted by Gasteiger charge is 2.14. The molecule has 0 fully saturated rings. The van der Waals surface area contributed by atoms with Crippen molar-refractivity contribution in [3.05, 3.63) is 33.5 Å². The Hall–Kier alpha value is -1.23. The molecule has 3 nitrogen and oxygen atoms in total. The molecule has 0 atom stereocenters. The highest BCUT2D eigenvalue weighted by atomic mass is 79.9. The first kappa shape index (κ1) is 12.8. The molecule has 0 saturated heterocycles. The molecule has 0 spiro atoms. The molecule has 0 aliphatic rings. The van der Waals surface area contributed by atoms with E-state index in [1.807, 2.05) is 0 Å². The van der Waals surface area contributed by atoms with E-state index in [0.717, 1.165) is 0 Å². The third-order valence-corrected chi connectivity index (χ3v) is 2.33. The highest BCUT2D eigenvalue weighted by Crippen LogP contribution is 2.20. The van der Waals surface area contributed by atoms with Crippen LogP contribution in [0.15, 0.2) is 21.6 Å². The van der Waals surface area contributed by atoms with Crippen molar-refractivity contribution in [3.63, 3.8) is 0 Å². The van der Waals surface area contributed by atoms with E-state index in [0.29, 0.717) is 10.0 Å². The van der Waals surface area contributed by atoms with Gasteiger partial charge in [0.15, 0.2) is 0 Å². The summed E-state index contributed by atoms with van der Waals surface area (Å²) in [6, 6.07) is 2.94. The Kier molecular flexibility index (Phi) is 4.18. The predicted molar refractivity (Wildman–Crippen MR) is 65.3 cm³/mol. The van der Waals surface area contributed by atoms with Crippen LogP contribution in [0, 0.1) is 12.7 Å². The van der Waals surface area contributed by atoms with Crippen LogP contribution < -0.4 is 0 Å². The van der Waals surface area contributed by atoms with Gasteiger partial charge in [0.05, 0.1) is 11.9 Å². The molecule has 0 aliphatic heterocycles. The van der Waals surface area contributed by atoms with Crippen molar-refractivity contribution in [3.8, 4) is 0 Å². The van der Waals surface area contributed by atoms with E-state index < -0.39 is 11.7 Å². The normalized spacial score (nSPS) is 10.8. The average Bonchev–Trinajstić information content (AvgIpc) is 2.12. The van der Waals surface area contributed by atoms with Crippen LogP contribution in [0.4, 0.5) is 4.39 Å². The zero-order chi connectivity index (χ0) is 12.3. The molecule has 1 aromatic rings. The second-order valence-electron chi connectivity index (χ2n) is 3.59. The fourth-order valence-corrected chi connectivity index (χ4v) is 1.75. The van der Waals surface area contributed by atoms with Gasteiger partial charge in [0.1, 0.15) is 5.82 Å². The standard InChI is InChI=1S/C11H12BrFN2O/c1-7-4-8(12)5-9(13)10(7)11(16)14-6-15(2)3/h4-6H,1-3H3. The maximum atomic E-state index is 13.5. The molecule has 0 aromatic heterocycles. The number of hydrogen-bond donors (Lipinski definition) is 0. The minimum absolute atomic E-state index is 0.0151. The van der Waals surface area contributed by atoms with Crippen molar-refractivity contribution in [2.24, 2.45) is 4.99 Å². The number of halogens is 2. The van der Waals surface area contributed by atoms with Gasteiger partial charge in [0.25, 0.3) is 5.91 Å². The van der Waals surface area contributed by atoms with Crippen LogP contribution >= 0.6 is 15.9 Å². The number of carbonyl (C=O) groups excluding carboxylic acids is 1. The van der Waals surface area contributed by atoms with Gasteiger partial charge in [0, 0.05) is 18.6 Å². The van der Waals surface area contributed by atoms with Crippen molar-refractivity contribution in [1.29, 1.82) is 0 Å². The van der Waals surface area contributed by atoms with Gasteiger partial charge in [-0.2, -0.15) is 4.99 Å². The molecule has 0 bridgehead atoms. The van der Waals surface area contributed by atoms with Gasteiger partial charge in [-0.25, -0.2) is 4.39 Å². The summed E-state index contributed by atoms with van der Waals surface area (Å²) >= 11 is 3.16. The molecule has 86 valence electrons. The zero-order valence-electron chi connectivity index (χ0n) is 9.29. The van der Waals surface area contributed by atoms with Gasteiger partial charge < -0.3 is 4.90 Å². The number of benzene rings is 1. The summed E-state index contributed by atoms with van der Waals surface area (Å²) in [7, 11) is 3.48. The highest BCUT2D eigenvalue weighted by molar-refractivity contribution is 9.10. The van der Waals surface area contributed by atoms with Gasteiger partial charge in [-0.1, -0.05) is 15.9 Å². The Balaban J connectivity index is 3.09. The van der Waals surface area contributed by atoms with Crippen molar-refractivity contribution in [2.75, 3.05) is 14.1 Å². The molecule has 0 radical (unpaired) electrons. The molecule has 5 heteroatoms. The number of carbonyl (C=O) groups is 1. The van der Waals surface area contributed by atoms with Gasteiger partial charge >= 0.3 is 0 Å².